The lowest BCUT2D eigenvalue weighted by molar-refractivity contribution is -0.385. The van der Waals surface area contributed by atoms with Gasteiger partial charge in [0.2, 0.25) is 5.75 Å². The van der Waals surface area contributed by atoms with Gasteiger partial charge in [0.25, 0.3) is 17.3 Å². The largest absolute Gasteiger partial charge is 0.495 e. The molecule has 0 unspecified atom stereocenters. The van der Waals surface area contributed by atoms with Crippen molar-refractivity contribution in [2.45, 2.75) is 33.3 Å². The van der Waals surface area contributed by atoms with E-state index in [1.54, 1.807) is 39.8 Å². The maximum atomic E-state index is 11.5. The van der Waals surface area contributed by atoms with Crippen LogP contribution in [-0.2, 0) is 14.3 Å². The van der Waals surface area contributed by atoms with Gasteiger partial charge >= 0.3 is 17.3 Å². The van der Waals surface area contributed by atoms with Crippen LogP contribution in [0.25, 0.3) is 0 Å². The van der Waals surface area contributed by atoms with Crippen LogP contribution in [0.1, 0.15) is 26.3 Å². The predicted molar refractivity (Wildman–Crippen MR) is 237 cm³/mol. The Labute approximate surface area is 398 Å². The number of nitrogens with two attached hydrogens (primary N) is 1. The number of nitro groups is 4. The Kier molecular flexibility index (Phi) is 23.1. The highest BCUT2D eigenvalue weighted by molar-refractivity contribution is 6.38. The second-order valence-electron chi connectivity index (χ2n) is 12.8. The lowest BCUT2D eigenvalue weighted by Gasteiger charge is -2.19. The summed E-state index contributed by atoms with van der Waals surface area (Å²) in [6.07, 6.45) is 0. The van der Waals surface area contributed by atoms with Crippen molar-refractivity contribution in [3.63, 3.8) is 0 Å². The van der Waals surface area contributed by atoms with Gasteiger partial charge in [-0.1, -0.05) is 69.6 Å². The number of non-ortho nitro benzene ring substituents is 2. The number of amides is 1. The second kappa shape index (κ2) is 26.4. The number of hydrogen-bond donors (Lipinski definition) is 1. The number of nitro benzene ring substituents is 4. The first-order valence-corrected chi connectivity index (χ1v) is 19.5. The molecule has 0 aliphatic carbocycles. The molecule has 0 saturated heterocycles. The predicted octanol–water partition coefficient (Wildman–Crippen LogP) is 10.1. The number of carbonyl (C=O) groups is 2. The van der Waals surface area contributed by atoms with Crippen molar-refractivity contribution in [1.29, 1.82) is 5.26 Å². The van der Waals surface area contributed by atoms with E-state index in [1.807, 2.05) is 0 Å². The molecule has 65 heavy (non-hydrogen) atoms. The zero-order valence-electron chi connectivity index (χ0n) is 34.4. The Morgan fingerprint density at radius 3 is 1.43 bits per heavy atom. The third-order valence-corrected chi connectivity index (χ3v) is 8.71. The van der Waals surface area contributed by atoms with E-state index in [1.165, 1.54) is 26.4 Å². The fourth-order valence-electron chi connectivity index (χ4n) is 4.22. The molecular weight excluding hydrogens is 997 g/mol. The number of benzene rings is 4. The number of rotatable bonds is 14. The molecule has 4 aromatic carbocycles. The molecule has 0 heterocycles. The third-order valence-electron chi connectivity index (χ3n) is 6.88. The van der Waals surface area contributed by atoms with E-state index in [-0.39, 0.29) is 83.2 Å². The maximum absolute atomic E-state index is 11.5. The number of nitriles is 1. The fourth-order valence-corrected chi connectivity index (χ4v) is 5.79. The van der Waals surface area contributed by atoms with Crippen LogP contribution in [0.5, 0.6) is 28.7 Å². The standard InChI is InChI=1S/C12H13Cl2NO5.C9H9ClN2O5.C8H4Cl2N2O3.C8H8ClNO3/c1-12(2,3)20-10(16)6-19-11-8(13)4-7(15(17)18)5-9(11)14;1-16-7-3-8(17-4-9(11)13)6(12(14)15)2-5(7)10;9-6-3-5(12(13)14)4-7(10)8(6)15-2-1-11;1-5-3-8(13-2)7(10(11)12)4-6(5)9/h4-5H,6H2,1-3H3;2-3H,4H2,1H3,(H2,11,13);3-4H,2H2;3-4H,1-2H3. The van der Waals surface area contributed by atoms with Crippen LogP contribution in [-0.4, -0.2) is 71.2 Å². The third kappa shape index (κ3) is 19.1. The summed E-state index contributed by atoms with van der Waals surface area (Å²) in [5.74, 6) is -0.954. The molecule has 0 fully saturated rings. The minimum atomic E-state index is -0.742. The minimum Gasteiger partial charge on any atom is -0.495 e. The van der Waals surface area contributed by atoms with E-state index in [0.717, 1.165) is 35.9 Å². The molecule has 0 aliphatic heterocycles. The maximum Gasteiger partial charge on any atom is 0.344 e. The summed E-state index contributed by atoms with van der Waals surface area (Å²) in [6.45, 7) is 5.83. The number of halogens is 6. The Morgan fingerprint density at radius 1 is 0.615 bits per heavy atom. The van der Waals surface area contributed by atoms with Crippen molar-refractivity contribution in [3.05, 3.63) is 125 Å². The monoisotopic (exact) mass is 1030 g/mol. The number of aryl methyl sites for hydroxylation is 1. The van der Waals surface area contributed by atoms with Crippen molar-refractivity contribution in [1.82, 2.24) is 0 Å². The first kappa shape index (κ1) is 56.7. The van der Waals surface area contributed by atoms with Crippen LogP contribution < -0.4 is 29.4 Å². The summed E-state index contributed by atoms with van der Waals surface area (Å²) >= 11 is 34.5. The van der Waals surface area contributed by atoms with E-state index in [2.05, 4.69) is 0 Å². The highest BCUT2D eigenvalue weighted by atomic mass is 35.5. The van der Waals surface area contributed by atoms with E-state index >= 15 is 0 Å². The normalized spacial score (nSPS) is 10.1. The molecule has 0 spiro atoms. The summed E-state index contributed by atoms with van der Waals surface area (Å²) in [7, 11) is 2.74. The quantitative estimate of drug-likeness (QED) is 0.0697. The van der Waals surface area contributed by atoms with Crippen molar-refractivity contribution in [3.8, 4) is 34.8 Å². The summed E-state index contributed by atoms with van der Waals surface area (Å²) in [5, 5.41) is 50.9. The molecule has 0 radical (unpaired) electrons. The second-order valence-corrected chi connectivity index (χ2v) is 15.3. The average molecular weight is 1030 g/mol. The first-order chi connectivity index (χ1) is 30.2. The zero-order valence-corrected chi connectivity index (χ0v) is 38.9. The number of ether oxygens (including phenoxy) is 6. The molecule has 350 valence electrons. The van der Waals surface area contributed by atoms with Gasteiger partial charge < -0.3 is 34.2 Å². The zero-order chi connectivity index (χ0) is 49.9. The van der Waals surface area contributed by atoms with Crippen LogP contribution in [0.3, 0.4) is 0 Å². The van der Waals surface area contributed by atoms with Crippen molar-refractivity contribution in [2.75, 3.05) is 34.0 Å². The van der Waals surface area contributed by atoms with Gasteiger partial charge in [0.1, 0.15) is 17.4 Å². The SMILES string of the molecule is CC(C)(C)OC(=O)COc1c(Cl)cc([N+](=O)[O-])cc1Cl.COc1cc(C)c(Cl)cc1[N+](=O)[O-].COc1cc(OCC(N)=O)c([N+](=O)[O-])cc1Cl.N#CCOc1c(Cl)cc([N+](=O)[O-])cc1Cl. The Hall–Kier alpha value is -6.35. The molecule has 0 aromatic heterocycles. The average Bonchev–Trinajstić information content (AvgIpc) is 3.20. The molecule has 28 heteroatoms. The molecule has 4 aromatic rings. The Balaban J connectivity index is 0.000000438. The number of hydrogen-bond acceptors (Lipinski definition) is 17. The van der Waals surface area contributed by atoms with Crippen molar-refractivity contribution < 1.29 is 57.7 Å². The minimum absolute atomic E-state index is 0.00412. The van der Waals surface area contributed by atoms with Crippen LogP contribution >= 0.6 is 69.6 Å². The van der Waals surface area contributed by atoms with Gasteiger partial charge in [-0.25, -0.2) is 4.79 Å². The Morgan fingerprint density at radius 2 is 1.05 bits per heavy atom. The Bertz CT molecular complexity index is 2420. The van der Waals surface area contributed by atoms with E-state index in [0.29, 0.717) is 5.02 Å². The molecule has 1 amide bonds. The van der Waals surface area contributed by atoms with Gasteiger partial charge in [0, 0.05) is 42.5 Å². The van der Waals surface area contributed by atoms with Crippen LogP contribution in [0.15, 0.2) is 48.5 Å². The molecule has 0 atom stereocenters. The lowest BCUT2D eigenvalue weighted by Crippen LogP contribution is -2.27. The van der Waals surface area contributed by atoms with Gasteiger partial charge in [0.05, 0.1) is 64.0 Å². The number of methoxy groups -OCH3 is 2. The van der Waals surface area contributed by atoms with E-state index in [9.17, 15) is 50.0 Å². The fraction of sp³-hybridized carbons (Fsp3) is 0.270. The van der Waals surface area contributed by atoms with Gasteiger partial charge in [-0.05, 0) is 39.3 Å². The number of carbonyl (C=O) groups excluding carboxylic acids is 2. The topological polar surface area (TPSA) is 312 Å². The summed E-state index contributed by atoms with van der Waals surface area (Å²) in [4.78, 5) is 61.9. The molecule has 0 saturated carbocycles. The number of esters is 1. The van der Waals surface area contributed by atoms with Crippen molar-refractivity contribution >= 4 is 104 Å². The molecule has 22 nitrogen and oxygen atoms in total. The van der Waals surface area contributed by atoms with Gasteiger partial charge in [-0.2, -0.15) is 5.26 Å². The molecule has 0 aliphatic rings. The number of primary amides is 1. The van der Waals surface area contributed by atoms with Crippen LogP contribution in [0.4, 0.5) is 22.7 Å². The van der Waals surface area contributed by atoms with Crippen molar-refractivity contribution in [2.24, 2.45) is 5.73 Å². The molecule has 0 bridgehead atoms. The summed E-state index contributed by atoms with van der Waals surface area (Å²) in [6, 6.07) is 11.3. The lowest BCUT2D eigenvalue weighted by atomic mass is 10.2. The highest BCUT2D eigenvalue weighted by Crippen LogP contribution is 2.39. The molecule has 2 N–H and O–H groups in total. The summed E-state index contributed by atoms with van der Waals surface area (Å²) < 4.78 is 29.7. The summed E-state index contributed by atoms with van der Waals surface area (Å²) in [5.41, 5.74) is 4.03. The van der Waals surface area contributed by atoms with Gasteiger partial charge in [-0.3, -0.25) is 45.3 Å². The first-order valence-electron chi connectivity index (χ1n) is 17.2. The van der Waals surface area contributed by atoms with E-state index < -0.39 is 50.4 Å². The molecule has 4 rings (SSSR count). The molecular formula is C37H34Cl6N6O16. The van der Waals surface area contributed by atoms with Crippen LogP contribution in [0, 0.1) is 58.7 Å². The van der Waals surface area contributed by atoms with E-state index in [4.69, 9.17) is 109 Å². The highest BCUT2D eigenvalue weighted by Gasteiger charge is 2.22. The van der Waals surface area contributed by atoms with Gasteiger partial charge in [-0.15, -0.1) is 0 Å². The smallest absolute Gasteiger partial charge is 0.344 e. The number of nitrogens with zero attached hydrogens (tertiary/aromatic N) is 5. The van der Waals surface area contributed by atoms with Crippen LogP contribution in [0.2, 0.25) is 30.1 Å². The van der Waals surface area contributed by atoms with Gasteiger partial charge in [0.15, 0.2) is 37.1 Å².